The molecule has 3 rings (SSSR count). The number of nitrogens with zero attached hydrogens (tertiary/aromatic N) is 4. The molecule has 0 aliphatic carbocycles. The number of piperazine rings is 1. The Labute approximate surface area is 246 Å². The number of benzene rings is 1. The zero-order chi connectivity index (χ0) is 29.1. The number of anilines is 1. The van der Waals surface area contributed by atoms with Crippen LogP contribution in [-0.4, -0.2) is 65.1 Å². The van der Waals surface area contributed by atoms with Gasteiger partial charge in [0.2, 0.25) is 0 Å². The van der Waals surface area contributed by atoms with Crippen molar-refractivity contribution in [2.45, 2.75) is 72.0 Å². The van der Waals surface area contributed by atoms with Crippen molar-refractivity contribution in [2.24, 2.45) is 7.05 Å². The molecule has 0 unspecified atom stereocenters. The third kappa shape index (κ3) is 9.28. The Morgan fingerprint density at radius 3 is 2.45 bits per heavy atom. The fourth-order valence-corrected chi connectivity index (χ4v) is 5.22. The van der Waals surface area contributed by atoms with Gasteiger partial charge in [0.15, 0.2) is 0 Å². The highest BCUT2D eigenvalue weighted by Gasteiger charge is 2.28. The van der Waals surface area contributed by atoms with Gasteiger partial charge in [-0.1, -0.05) is 19.4 Å². The molecule has 0 saturated carbocycles. The Balaban J connectivity index is 1.46. The fraction of sp³-hybridized carbons (Fsp3) is 0.567. The van der Waals surface area contributed by atoms with E-state index in [-0.39, 0.29) is 12.1 Å². The van der Waals surface area contributed by atoms with Crippen LogP contribution in [0.3, 0.4) is 0 Å². The number of amides is 1. The van der Waals surface area contributed by atoms with Crippen LogP contribution in [0.2, 0.25) is 0 Å². The standard InChI is InChI=1S/C30H43BrN4O5/c1-6-17-30(3,4)40-29(37)35-20-18-34(19-21-35)23-13-15-24(16-14-23)39-22-25-28(31)26(33(5)32-25)11-9-8-10-12-27(36)38-7-2/h9,11,13-16H,6-8,10,12,17-22H2,1-5H3/b11-9+. The minimum Gasteiger partial charge on any atom is -0.487 e. The van der Waals surface area contributed by atoms with Gasteiger partial charge < -0.3 is 24.0 Å². The molecule has 1 saturated heterocycles. The molecule has 2 heterocycles. The van der Waals surface area contributed by atoms with Gasteiger partial charge in [0, 0.05) is 45.3 Å². The van der Waals surface area contributed by atoms with Crippen molar-refractivity contribution >= 4 is 39.8 Å². The number of carbonyl (C=O) groups excluding carboxylic acids is 2. The summed E-state index contributed by atoms with van der Waals surface area (Å²) in [6, 6.07) is 8.02. The molecule has 40 heavy (non-hydrogen) atoms. The molecule has 1 aromatic heterocycles. The second-order valence-corrected chi connectivity index (χ2v) is 11.3. The Hall–Kier alpha value is -3.01. The molecule has 1 aliphatic rings. The van der Waals surface area contributed by atoms with E-state index in [4.69, 9.17) is 14.2 Å². The molecule has 0 bridgehead atoms. The quantitative estimate of drug-likeness (QED) is 0.191. The largest absolute Gasteiger partial charge is 0.487 e. The van der Waals surface area contributed by atoms with Crippen LogP contribution in [0.1, 0.15) is 71.2 Å². The van der Waals surface area contributed by atoms with Crippen LogP contribution in [0, 0.1) is 0 Å². The highest BCUT2D eigenvalue weighted by atomic mass is 79.9. The number of carbonyl (C=O) groups is 2. The normalized spacial score (nSPS) is 14.1. The van der Waals surface area contributed by atoms with Gasteiger partial charge in [-0.25, -0.2) is 4.79 Å². The fourth-order valence-electron chi connectivity index (χ4n) is 4.64. The lowest BCUT2D eigenvalue weighted by Gasteiger charge is -2.37. The van der Waals surface area contributed by atoms with Gasteiger partial charge in [0.25, 0.3) is 0 Å². The minimum atomic E-state index is -0.436. The summed E-state index contributed by atoms with van der Waals surface area (Å²) in [5.74, 6) is 0.606. The summed E-state index contributed by atoms with van der Waals surface area (Å²) in [5.41, 5.74) is 2.42. The third-order valence-corrected chi connectivity index (χ3v) is 7.63. The third-order valence-electron chi connectivity index (χ3n) is 6.76. The summed E-state index contributed by atoms with van der Waals surface area (Å²) >= 11 is 3.66. The number of ether oxygens (including phenoxy) is 3. The van der Waals surface area contributed by atoms with Gasteiger partial charge in [-0.2, -0.15) is 5.10 Å². The van der Waals surface area contributed by atoms with E-state index < -0.39 is 5.60 Å². The molecule has 10 heteroatoms. The first-order valence-corrected chi connectivity index (χ1v) is 14.9. The van der Waals surface area contributed by atoms with Crippen LogP contribution in [0.15, 0.2) is 34.8 Å². The summed E-state index contributed by atoms with van der Waals surface area (Å²) in [5, 5.41) is 4.59. The van der Waals surface area contributed by atoms with Crippen LogP contribution >= 0.6 is 15.9 Å². The number of halogens is 1. The van der Waals surface area contributed by atoms with Crippen molar-refractivity contribution in [1.29, 1.82) is 0 Å². The van der Waals surface area contributed by atoms with Gasteiger partial charge in [-0.05, 0) is 86.3 Å². The Morgan fingerprint density at radius 2 is 1.80 bits per heavy atom. The zero-order valence-electron chi connectivity index (χ0n) is 24.5. The number of hydrogen-bond acceptors (Lipinski definition) is 7. The van der Waals surface area contributed by atoms with Gasteiger partial charge in [-0.3, -0.25) is 9.48 Å². The Kier molecular flexibility index (Phi) is 11.9. The van der Waals surface area contributed by atoms with Crippen molar-refractivity contribution in [1.82, 2.24) is 14.7 Å². The number of allylic oxidation sites excluding steroid dienone is 1. The lowest BCUT2D eigenvalue weighted by atomic mass is 10.0. The molecule has 9 nitrogen and oxygen atoms in total. The maximum absolute atomic E-state index is 12.6. The highest BCUT2D eigenvalue weighted by Crippen LogP contribution is 2.26. The molecule has 0 N–H and O–H groups in total. The summed E-state index contributed by atoms with van der Waals surface area (Å²) in [4.78, 5) is 28.1. The maximum Gasteiger partial charge on any atom is 0.410 e. The molecule has 2 aromatic rings. The number of unbranched alkanes of at least 4 members (excludes halogenated alkanes) is 1. The predicted molar refractivity (Wildman–Crippen MR) is 160 cm³/mol. The van der Waals surface area contributed by atoms with Crippen LogP contribution in [0.25, 0.3) is 6.08 Å². The van der Waals surface area contributed by atoms with E-state index >= 15 is 0 Å². The summed E-state index contributed by atoms with van der Waals surface area (Å²) < 4.78 is 19.4. The molecular formula is C30H43BrN4O5. The first-order valence-electron chi connectivity index (χ1n) is 14.1. The molecule has 220 valence electrons. The first-order chi connectivity index (χ1) is 19.1. The van der Waals surface area contributed by atoms with Crippen molar-refractivity contribution in [3.05, 3.63) is 46.2 Å². The van der Waals surface area contributed by atoms with Crippen LogP contribution in [0.5, 0.6) is 5.75 Å². The topological polar surface area (TPSA) is 86.1 Å². The first kappa shape index (κ1) is 31.5. The highest BCUT2D eigenvalue weighted by molar-refractivity contribution is 9.10. The van der Waals surface area contributed by atoms with Gasteiger partial charge >= 0.3 is 12.1 Å². The second-order valence-electron chi connectivity index (χ2n) is 10.5. The van der Waals surface area contributed by atoms with Gasteiger partial charge in [0.05, 0.1) is 16.8 Å². The van der Waals surface area contributed by atoms with E-state index in [0.29, 0.717) is 32.7 Å². The van der Waals surface area contributed by atoms with Crippen LogP contribution < -0.4 is 9.64 Å². The van der Waals surface area contributed by atoms with E-state index in [1.165, 1.54) is 0 Å². The van der Waals surface area contributed by atoms with E-state index in [1.807, 2.05) is 68.9 Å². The Morgan fingerprint density at radius 1 is 1.10 bits per heavy atom. The average Bonchev–Trinajstić information content (AvgIpc) is 3.19. The van der Waals surface area contributed by atoms with E-state index in [9.17, 15) is 9.59 Å². The average molecular weight is 620 g/mol. The molecule has 1 amide bonds. The molecule has 0 spiro atoms. The Bertz CT molecular complexity index is 1140. The number of hydrogen-bond donors (Lipinski definition) is 0. The number of esters is 1. The lowest BCUT2D eigenvalue weighted by molar-refractivity contribution is -0.143. The van der Waals surface area contributed by atoms with Gasteiger partial charge in [0.1, 0.15) is 23.7 Å². The van der Waals surface area contributed by atoms with E-state index in [2.05, 4.69) is 32.9 Å². The number of aryl methyl sites for hydroxylation is 1. The van der Waals surface area contributed by atoms with Crippen molar-refractivity contribution in [2.75, 3.05) is 37.7 Å². The van der Waals surface area contributed by atoms with Crippen LogP contribution in [0.4, 0.5) is 10.5 Å². The summed E-state index contributed by atoms with van der Waals surface area (Å²) in [6.07, 6.45) is 7.60. The van der Waals surface area contributed by atoms with Crippen molar-refractivity contribution in [3.63, 3.8) is 0 Å². The molecule has 1 aliphatic heterocycles. The monoisotopic (exact) mass is 618 g/mol. The smallest absolute Gasteiger partial charge is 0.410 e. The van der Waals surface area contributed by atoms with Gasteiger partial charge in [-0.15, -0.1) is 0 Å². The number of rotatable bonds is 13. The van der Waals surface area contributed by atoms with Crippen LogP contribution in [-0.2, 0) is 27.9 Å². The molecule has 1 fully saturated rings. The van der Waals surface area contributed by atoms with Crippen molar-refractivity contribution in [3.8, 4) is 5.75 Å². The second kappa shape index (κ2) is 15.1. The SMILES string of the molecule is CCCC(C)(C)OC(=O)N1CCN(c2ccc(OCc3nn(C)c(/C=C/CCCC(=O)OCC)c3Br)cc2)CC1. The van der Waals surface area contributed by atoms with E-state index in [1.54, 1.807) is 4.90 Å². The molecule has 0 radical (unpaired) electrons. The van der Waals surface area contributed by atoms with Crippen molar-refractivity contribution < 1.29 is 23.8 Å². The summed E-state index contributed by atoms with van der Waals surface area (Å²) in [6.45, 7) is 11.4. The molecule has 1 aromatic carbocycles. The lowest BCUT2D eigenvalue weighted by Crippen LogP contribution is -2.50. The predicted octanol–water partition coefficient (Wildman–Crippen LogP) is 6.35. The zero-order valence-corrected chi connectivity index (χ0v) is 26.0. The summed E-state index contributed by atoms with van der Waals surface area (Å²) in [7, 11) is 1.90. The number of aromatic nitrogens is 2. The molecule has 0 atom stereocenters. The maximum atomic E-state index is 12.6. The minimum absolute atomic E-state index is 0.156. The van der Waals surface area contributed by atoms with E-state index in [0.717, 1.165) is 66.1 Å². The molecular weight excluding hydrogens is 576 g/mol.